The number of phenols is 1. The molecule has 0 atom stereocenters. The zero-order valence-corrected chi connectivity index (χ0v) is 21.8. The predicted octanol–water partition coefficient (Wildman–Crippen LogP) is 8.09. The first kappa shape index (κ1) is 29.4. The fraction of sp³-hybridized carbons (Fsp3) is 0.312. The molecule has 0 amide bonds. The Kier molecular flexibility index (Phi) is 13.9. The summed E-state index contributed by atoms with van der Waals surface area (Å²) < 4.78 is 1.49. The molecule has 37 heavy (non-hydrogen) atoms. The van der Waals surface area contributed by atoms with Gasteiger partial charge in [-0.2, -0.15) is 0 Å². The van der Waals surface area contributed by atoms with Gasteiger partial charge in [-0.15, -0.1) is 0 Å². The number of phenolic OH excluding ortho intramolecular Hbond substituents is 1. The van der Waals surface area contributed by atoms with Gasteiger partial charge in [0.1, 0.15) is 5.75 Å². The molecule has 0 fully saturated rings. The Bertz CT molecular complexity index is 1170. The van der Waals surface area contributed by atoms with Gasteiger partial charge in [-0.25, -0.2) is 0 Å². The molecule has 5 nitrogen and oxygen atoms in total. The number of fused-ring (bicyclic) bond motifs is 1. The number of aliphatic carboxylic acids is 1. The molecule has 2 rings (SSSR count). The molecule has 1 aromatic heterocycles. The highest BCUT2D eigenvalue weighted by Gasteiger charge is 2.15. The van der Waals surface area contributed by atoms with E-state index in [-0.39, 0.29) is 18.1 Å². The lowest BCUT2D eigenvalue weighted by Gasteiger charge is -2.02. The molecule has 5 heteroatoms. The number of nitrogens with zero attached hydrogens (tertiary/aromatic N) is 1. The number of hydrogen-bond acceptors (Lipinski definition) is 3. The van der Waals surface area contributed by atoms with E-state index in [1.165, 1.54) is 16.7 Å². The van der Waals surface area contributed by atoms with Gasteiger partial charge in [0.25, 0.3) is 0 Å². The molecule has 196 valence electrons. The SMILES string of the molecule is CC/C=C/C/C=C/C/C=C/C/C=C/C/C=C/C/C=C/CCC(=O)n1cc(CC(=O)O)c2cc(O)ccc21. The minimum absolute atomic E-state index is 0.0438. The van der Waals surface area contributed by atoms with Crippen LogP contribution in [0.1, 0.15) is 68.6 Å². The van der Waals surface area contributed by atoms with Crippen LogP contribution < -0.4 is 0 Å². The van der Waals surface area contributed by atoms with Crippen LogP contribution in [0.25, 0.3) is 10.9 Å². The molecule has 1 aromatic carbocycles. The fourth-order valence-corrected chi connectivity index (χ4v) is 3.76. The maximum Gasteiger partial charge on any atom is 0.307 e. The molecule has 0 aliphatic heterocycles. The van der Waals surface area contributed by atoms with Gasteiger partial charge in [0.05, 0.1) is 11.9 Å². The van der Waals surface area contributed by atoms with Crippen LogP contribution in [0.3, 0.4) is 0 Å². The third kappa shape index (κ3) is 11.6. The van der Waals surface area contributed by atoms with Crippen molar-refractivity contribution in [2.24, 2.45) is 0 Å². The summed E-state index contributed by atoms with van der Waals surface area (Å²) in [6.07, 6.45) is 33.8. The summed E-state index contributed by atoms with van der Waals surface area (Å²) >= 11 is 0. The second kappa shape index (κ2) is 17.6. The van der Waals surface area contributed by atoms with Gasteiger partial charge >= 0.3 is 5.97 Å². The maximum absolute atomic E-state index is 12.7. The Morgan fingerprint density at radius 1 is 0.784 bits per heavy atom. The smallest absolute Gasteiger partial charge is 0.307 e. The number of benzene rings is 1. The highest BCUT2D eigenvalue weighted by Crippen LogP contribution is 2.26. The second-order valence-corrected chi connectivity index (χ2v) is 8.64. The van der Waals surface area contributed by atoms with Gasteiger partial charge in [0.15, 0.2) is 0 Å². The molecule has 2 aromatic rings. The number of allylic oxidation sites excluding steroid dienone is 12. The number of hydrogen-bond donors (Lipinski definition) is 2. The van der Waals surface area contributed by atoms with E-state index in [0.717, 1.165) is 38.5 Å². The summed E-state index contributed by atoms with van der Waals surface area (Å²) in [6.45, 7) is 2.14. The molecular formula is C32H39NO4. The van der Waals surface area contributed by atoms with Gasteiger partial charge in [0, 0.05) is 18.0 Å². The standard InChI is InChI=1S/C32H39NO4/c1-2-3-4-5-6-7-8-9-10-11-12-13-14-15-16-17-18-19-20-21-31(35)33-26-27(24-32(36)37)29-25-28(34)22-23-30(29)33/h3-4,6-7,9-10,12-13,15-16,18-19,22-23,25-26,34H,2,5,8,11,14,17,20-21,24H2,1H3,(H,36,37)/b4-3+,7-6+,10-9+,13-12+,16-15+,19-18+. The van der Waals surface area contributed by atoms with Crippen molar-refractivity contribution in [3.63, 3.8) is 0 Å². The zero-order chi connectivity index (χ0) is 26.7. The zero-order valence-electron chi connectivity index (χ0n) is 21.8. The Morgan fingerprint density at radius 3 is 1.81 bits per heavy atom. The van der Waals surface area contributed by atoms with Gasteiger partial charge in [-0.1, -0.05) is 79.8 Å². The Labute approximate surface area is 220 Å². The number of aromatic hydroxyl groups is 1. The lowest BCUT2D eigenvalue weighted by Crippen LogP contribution is -2.08. The Balaban J connectivity index is 1.65. The largest absolute Gasteiger partial charge is 0.508 e. The maximum atomic E-state index is 12.7. The van der Waals surface area contributed by atoms with Crippen molar-refractivity contribution < 1.29 is 19.8 Å². The van der Waals surface area contributed by atoms with Gasteiger partial charge in [-0.05, 0) is 68.7 Å². The number of aromatic nitrogens is 1. The average molecular weight is 502 g/mol. The van der Waals surface area contributed by atoms with Crippen molar-refractivity contribution in [3.8, 4) is 5.75 Å². The van der Waals surface area contributed by atoms with Crippen LogP contribution in [-0.2, 0) is 11.2 Å². The number of carboxylic acids is 1. The molecule has 0 aliphatic rings. The summed E-state index contributed by atoms with van der Waals surface area (Å²) in [5.74, 6) is -1.04. The summed E-state index contributed by atoms with van der Waals surface area (Å²) in [5, 5.41) is 19.5. The van der Waals surface area contributed by atoms with Crippen LogP contribution in [0, 0.1) is 0 Å². The first-order valence-corrected chi connectivity index (χ1v) is 13.0. The van der Waals surface area contributed by atoms with Crippen LogP contribution in [0.2, 0.25) is 0 Å². The lowest BCUT2D eigenvalue weighted by atomic mass is 10.1. The van der Waals surface area contributed by atoms with Crippen LogP contribution in [0.5, 0.6) is 5.75 Å². The highest BCUT2D eigenvalue weighted by atomic mass is 16.4. The van der Waals surface area contributed by atoms with Crippen LogP contribution >= 0.6 is 0 Å². The van der Waals surface area contributed by atoms with Crippen LogP contribution in [0.4, 0.5) is 0 Å². The molecular weight excluding hydrogens is 462 g/mol. The first-order valence-electron chi connectivity index (χ1n) is 13.0. The van der Waals surface area contributed by atoms with Crippen LogP contribution in [0.15, 0.2) is 97.3 Å². The quantitative estimate of drug-likeness (QED) is 0.228. The van der Waals surface area contributed by atoms with E-state index in [1.54, 1.807) is 12.3 Å². The number of rotatable bonds is 16. The molecule has 0 bridgehead atoms. The van der Waals surface area contributed by atoms with Crippen molar-refractivity contribution in [3.05, 3.63) is 103 Å². The van der Waals surface area contributed by atoms with E-state index in [2.05, 4.69) is 67.7 Å². The van der Waals surface area contributed by atoms with Gasteiger partial charge < -0.3 is 10.2 Å². The number of carboxylic acid groups (broad SMARTS) is 1. The van der Waals surface area contributed by atoms with E-state index in [0.29, 0.717) is 29.3 Å². The van der Waals surface area contributed by atoms with Crippen molar-refractivity contribution >= 4 is 22.8 Å². The minimum atomic E-state index is -0.979. The molecule has 0 spiro atoms. The summed E-state index contributed by atoms with van der Waals surface area (Å²) in [7, 11) is 0. The summed E-state index contributed by atoms with van der Waals surface area (Å²) in [5.41, 5.74) is 1.13. The Morgan fingerprint density at radius 2 is 1.30 bits per heavy atom. The predicted molar refractivity (Wildman–Crippen MR) is 153 cm³/mol. The van der Waals surface area contributed by atoms with Crippen molar-refractivity contribution in [2.75, 3.05) is 0 Å². The molecule has 0 saturated heterocycles. The highest BCUT2D eigenvalue weighted by molar-refractivity contribution is 5.96. The van der Waals surface area contributed by atoms with E-state index >= 15 is 0 Å². The minimum Gasteiger partial charge on any atom is -0.508 e. The third-order valence-corrected chi connectivity index (χ3v) is 5.60. The van der Waals surface area contributed by atoms with E-state index in [1.807, 2.05) is 12.2 Å². The number of carbonyl (C=O) groups excluding carboxylic acids is 1. The van der Waals surface area contributed by atoms with Crippen molar-refractivity contribution in [1.82, 2.24) is 4.57 Å². The molecule has 1 heterocycles. The molecule has 0 aliphatic carbocycles. The normalized spacial score (nSPS) is 12.7. The second-order valence-electron chi connectivity index (χ2n) is 8.64. The molecule has 0 saturated carbocycles. The fourth-order valence-electron chi connectivity index (χ4n) is 3.76. The van der Waals surface area contributed by atoms with E-state index < -0.39 is 5.97 Å². The third-order valence-electron chi connectivity index (χ3n) is 5.60. The van der Waals surface area contributed by atoms with Crippen molar-refractivity contribution in [1.29, 1.82) is 0 Å². The average Bonchev–Trinajstić information content (AvgIpc) is 3.22. The van der Waals surface area contributed by atoms with Gasteiger partial charge in [-0.3, -0.25) is 14.2 Å². The topological polar surface area (TPSA) is 79.5 Å². The first-order chi connectivity index (χ1) is 18.0. The summed E-state index contributed by atoms with van der Waals surface area (Å²) in [6, 6.07) is 4.65. The van der Waals surface area contributed by atoms with Gasteiger partial charge in [0.2, 0.25) is 5.91 Å². The van der Waals surface area contributed by atoms with E-state index in [9.17, 15) is 14.7 Å². The Hall–Kier alpha value is -3.86. The molecule has 0 radical (unpaired) electrons. The lowest BCUT2D eigenvalue weighted by molar-refractivity contribution is -0.136. The molecule has 2 N–H and O–H groups in total. The number of carbonyl (C=O) groups is 2. The van der Waals surface area contributed by atoms with E-state index in [4.69, 9.17) is 5.11 Å². The summed E-state index contributed by atoms with van der Waals surface area (Å²) in [4.78, 5) is 23.9. The van der Waals surface area contributed by atoms with Crippen LogP contribution in [-0.4, -0.2) is 26.7 Å². The van der Waals surface area contributed by atoms with Crippen molar-refractivity contribution in [2.45, 2.75) is 64.7 Å². The monoisotopic (exact) mass is 501 g/mol. The molecule has 0 unspecified atom stereocenters.